The molecule has 0 amide bonds. The number of carbonyl (C=O) groups excluding carboxylic acids is 1. The number of hydrogen-bond donors (Lipinski definition) is 1. The third-order valence-electron chi connectivity index (χ3n) is 2.54. The number of rotatable bonds is 4. The Morgan fingerprint density at radius 1 is 1.05 bits per heavy atom. The predicted molar refractivity (Wildman–Crippen MR) is 79.8 cm³/mol. The second-order valence-corrected chi connectivity index (χ2v) is 6.48. The summed E-state index contributed by atoms with van der Waals surface area (Å²) in [6.45, 7) is 0. The molecule has 0 bridgehead atoms. The molecule has 0 spiro atoms. The normalized spacial score (nSPS) is 11.1. The van der Waals surface area contributed by atoms with E-state index in [1.54, 1.807) is 48.5 Å². The smallest absolute Gasteiger partial charge is 0.229 e. The number of ketones is 1. The highest BCUT2D eigenvalue weighted by Crippen LogP contribution is 2.17. The van der Waals surface area contributed by atoms with E-state index >= 15 is 0 Å². The Bertz CT molecular complexity index is 739. The van der Waals surface area contributed by atoms with E-state index < -0.39 is 10.0 Å². The highest BCUT2D eigenvalue weighted by Gasteiger charge is 2.10. The van der Waals surface area contributed by atoms with Crippen molar-refractivity contribution in [2.45, 2.75) is 0 Å². The molecule has 0 aliphatic carbocycles. The number of benzene rings is 2. The van der Waals surface area contributed by atoms with Gasteiger partial charge in [0.2, 0.25) is 10.0 Å². The molecule has 6 heteroatoms. The Kier molecular flexibility index (Phi) is 4.11. The Hall–Kier alpha value is -1.85. The summed E-state index contributed by atoms with van der Waals surface area (Å²) in [5.74, 6) is -0.168. The summed E-state index contributed by atoms with van der Waals surface area (Å²) in [5, 5.41) is 0.492. The number of nitrogens with one attached hydrogen (secondary N) is 1. The summed E-state index contributed by atoms with van der Waals surface area (Å²) in [5.41, 5.74) is 1.36. The van der Waals surface area contributed by atoms with Gasteiger partial charge in [-0.1, -0.05) is 23.7 Å². The van der Waals surface area contributed by atoms with Crippen molar-refractivity contribution in [1.82, 2.24) is 0 Å². The van der Waals surface area contributed by atoms with Gasteiger partial charge in [0.05, 0.1) is 6.26 Å². The molecule has 0 unspecified atom stereocenters. The molecule has 0 radical (unpaired) electrons. The third kappa shape index (κ3) is 3.82. The average molecular weight is 310 g/mol. The van der Waals surface area contributed by atoms with Crippen molar-refractivity contribution < 1.29 is 13.2 Å². The number of anilines is 1. The summed E-state index contributed by atoms with van der Waals surface area (Å²) < 4.78 is 24.5. The van der Waals surface area contributed by atoms with Crippen LogP contribution in [0.25, 0.3) is 0 Å². The monoisotopic (exact) mass is 309 g/mol. The van der Waals surface area contributed by atoms with Gasteiger partial charge in [-0.3, -0.25) is 9.52 Å². The van der Waals surface area contributed by atoms with Crippen molar-refractivity contribution in [3.05, 3.63) is 64.7 Å². The van der Waals surface area contributed by atoms with E-state index in [4.69, 9.17) is 11.6 Å². The van der Waals surface area contributed by atoms with E-state index in [2.05, 4.69) is 4.72 Å². The summed E-state index contributed by atoms with van der Waals surface area (Å²) in [7, 11) is -3.32. The van der Waals surface area contributed by atoms with E-state index in [0.29, 0.717) is 21.8 Å². The Balaban J connectivity index is 2.24. The van der Waals surface area contributed by atoms with E-state index in [1.807, 2.05) is 0 Å². The first-order valence-electron chi connectivity index (χ1n) is 5.73. The Labute approximate surface area is 122 Å². The molecular weight excluding hydrogens is 298 g/mol. The van der Waals surface area contributed by atoms with Crippen LogP contribution in [0, 0.1) is 0 Å². The molecule has 0 atom stereocenters. The molecule has 0 aliphatic rings. The molecule has 0 fully saturated rings. The zero-order valence-corrected chi connectivity index (χ0v) is 12.2. The zero-order valence-electron chi connectivity index (χ0n) is 10.6. The van der Waals surface area contributed by atoms with Crippen LogP contribution in [0.3, 0.4) is 0 Å². The number of hydrogen-bond acceptors (Lipinski definition) is 3. The van der Waals surface area contributed by atoms with Gasteiger partial charge in [-0.05, 0) is 36.4 Å². The van der Waals surface area contributed by atoms with Gasteiger partial charge in [0.15, 0.2) is 5.78 Å². The quantitative estimate of drug-likeness (QED) is 0.883. The van der Waals surface area contributed by atoms with Gasteiger partial charge in [0.1, 0.15) is 0 Å². The number of halogens is 1. The van der Waals surface area contributed by atoms with Crippen molar-refractivity contribution in [2.75, 3.05) is 11.0 Å². The van der Waals surface area contributed by atoms with Crippen LogP contribution in [0.15, 0.2) is 48.5 Å². The molecule has 2 aromatic rings. The lowest BCUT2D eigenvalue weighted by Gasteiger charge is -2.05. The lowest BCUT2D eigenvalue weighted by molar-refractivity contribution is 0.103. The van der Waals surface area contributed by atoms with Crippen molar-refractivity contribution in [3.8, 4) is 0 Å². The largest absolute Gasteiger partial charge is 0.289 e. The number of carbonyl (C=O) groups is 1. The van der Waals surface area contributed by atoms with Gasteiger partial charge in [0.25, 0.3) is 0 Å². The van der Waals surface area contributed by atoms with Crippen LogP contribution in [0.1, 0.15) is 15.9 Å². The predicted octanol–water partition coefficient (Wildman–Crippen LogP) is 2.94. The molecule has 1 N–H and O–H groups in total. The van der Waals surface area contributed by atoms with Gasteiger partial charge in [0, 0.05) is 21.8 Å². The fourth-order valence-electron chi connectivity index (χ4n) is 1.70. The van der Waals surface area contributed by atoms with Gasteiger partial charge in [-0.2, -0.15) is 0 Å². The molecular formula is C14H12ClNO3S. The second-order valence-electron chi connectivity index (χ2n) is 4.29. The van der Waals surface area contributed by atoms with Gasteiger partial charge in [-0.25, -0.2) is 8.42 Å². The first-order valence-corrected chi connectivity index (χ1v) is 8.00. The first kappa shape index (κ1) is 14.6. The molecule has 2 aromatic carbocycles. The minimum Gasteiger partial charge on any atom is -0.289 e. The summed E-state index contributed by atoms with van der Waals surface area (Å²) >= 11 is 5.85. The molecule has 4 nitrogen and oxygen atoms in total. The molecule has 0 saturated heterocycles. The highest BCUT2D eigenvalue weighted by molar-refractivity contribution is 7.92. The maximum Gasteiger partial charge on any atom is 0.229 e. The maximum absolute atomic E-state index is 12.2. The molecule has 0 heterocycles. The topological polar surface area (TPSA) is 63.2 Å². The van der Waals surface area contributed by atoms with E-state index in [0.717, 1.165) is 6.26 Å². The molecule has 0 aliphatic heterocycles. The standard InChI is InChI=1S/C14H12ClNO3S/c1-20(18,19)16-13-7-5-10(6-8-13)14(17)11-3-2-4-12(15)9-11/h2-9,16H,1H3. The van der Waals surface area contributed by atoms with Crippen LogP contribution >= 0.6 is 11.6 Å². The summed E-state index contributed by atoms with van der Waals surface area (Å²) in [4.78, 5) is 12.2. The summed E-state index contributed by atoms with van der Waals surface area (Å²) in [6, 6.07) is 12.9. The van der Waals surface area contributed by atoms with Crippen LogP contribution in [0.5, 0.6) is 0 Å². The lowest BCUT2D eigenvalue weighted by Crippen LogP contribution is -2.09. The van der Waals surface area contributed by atoms with Gasteiger partial charge < -0.3 is 0 Å². The highest BCUT2D eigenvalue weighted by atomic mass is 35.5. The zero-order chi connectivity index (χ0) is 14.8. The van der Waals surface area contributed by atoms with Crippen molar-refractivity contribution >= 4 is 33.1 Å². The number of sulfonamides is 1. The van der Waals surface area contributed by atoms with Gasteiger partial charge in [-0.15, -0.1) is 0 Å². The van der Waals surface area contributed by atoms with Crippen LogP contribution in [-0.2, 0) is 10.0 Å². The van der Waals surface area contributed by atoms with E-state index in [1.165, 1.54) is 0 Å². The summed E-state index contributed by atoms with van der Waals surface area (Å²) in [6.07, 6.45) is 1.07. The molecule has 2 rings (SSSR count). The fraction of sp³-hybridized carbons (Fsp3) is 0.0714. The first-order chi connectivity index (χ1) is 9.35. The minimum absolute atomic E-state index is 0.168. The van der Waals surface area contributed by atoms with Crippen molar-refractivity contribution in [2.24, 2.45) is 0 Å². The van der Waals surface area contributed by atoms with Crippen LogP contribution in [0.4, 0.5) is 5.69 Å². The van der Waals surface area contributed by atoms with E-state index in [-0.39, 0.29) is 5.78 Å². The maximum atomic E-state index is 12.2. The Morgan fingerprint density at radius 2 is 1.70 bits per heavy atom. The van der Waals surface area contributed by atoms with Crippen LogP contribution in [-0.4, -0.2) is 20.5 Å². The molecule has 0 saturated carbocycles. The van der Waals surface area contributed by atoms with Crippen molar-refractivity contribution in [1.29, 1.82) is 0 Å². The van der Waals surface area contributed by atoms with Crippen LogP contribution in [0.2, 0.25) is 5.02 Å². The second kappa shape index (κ2) is 5.64. The minimum atomic E-state index is -3.32. The average Bonchev–Trinajstić information content (AvgIpc) is 2.37. The third-order valence-corrected chi connectivity index (χ3v) is 3.38. The van der Waals surface area contributed by atoms with Crippen LogP contribution < -0.4 is 4.72 Å². The van der Waals surface area contributed by atoms with Crippen molar-refractivity contribution in [3.63, 3.8) is 0 Å². The van der Waals surface area contributed by atoms with E-state index in [9.17, 15) is 13.2 Å². The lowest BCUT2D eigenvalue weighted by atomic mass is 10.0. The fourth-order valence-corrected chi connectivity index (χ4v) is 2.45. The Morgan fingerprint density at radius 3 is 2.25 bits per heavy atom. The molecule has 104 valence electrons. The molecule has 0 aromatic heterocycles. The molecule has 20 heavy (non-hydrogen) atoms. The van der Waals surface area contributed by atoms with Gasteiger partial charge >= 0.3 is 0 Å². The SMILES string of the molecule is CS(=O)(=O)Nc1ccc(C(=O)c2cccc(Cl)c2)cc1.